The Bertz CT molecular complexity index is 769. The van der Waals surface area contributed by atoms with Crippen molar-refractivity contribution in [3.05, 3.63) is 47.8 Å². The number of aromatic nitrogens is 2. The van der Waals surface area contributed by atoms with Crippen LogP contribution < -0.4 is 10.5 Å². The average Bonchev–Trinajstić information content (AvgIpc) is 2.90. The Balaban J connectivity index is 2.19. The number of rotatable bonds is 6. The minimum atomic E-state index is -3.73. The highest BCUT2D eigenvalue weighted by atomic mass is 32.2. The highest BCUT2D eigenvalue weighted by Crippen LogP contribution is 2.15. The van der Waals surface area contributed by atoms with Crippen LogP contribution in [0.1, 0.15) is 22.8 Å². The van der Waals surface area contributed by atoms with E-state index in [1.807, 2.05) is 0 Å². The Morgan fingerprint density at radius 1 is 1.45 bits per heavy atom. The molecule has 0 fully saturated rings. The molecule has 8 heteroatoms. The fourth-order valence-electron chi connectivity index (χ4n) is 2.09. The zero-order chi connectivity index (χ0) is 16.3. The van der Waals surface area contributed by atoms with Crippen molar-refractivity contribution < 1.29 is 13.2 Å². The lowest BCUT2D eigenvalue weighted by atomic mass is 10.1. The van der Waals surface area contributed by atoms with Crippen molar-refractivity contribution in [2.75, 3.05) is 0 Å². The molecule has 7 nitrogen and oxygen atoms in total. The predicted molar refractivity (Wildman–Crippen MR) is 81.7 cm³/mol. The minimum Gasteiger partial charge on any atom is -0.366 e. The van der Waals surface area contributed by atoms with Crippen LogP contribution >= 0.6 is 0 Å². The standard InChI is InChI=1S/C14H18N4O3S/c1-10-4-5-12(8-13(10)14(15)19)22(20,21)17-11(2)9-18-7-3-6-16-18/h3-8,11,17H,9H2,1-2H3,(H2,15,19). The quantitative estimate of drug-likeness (QED) is 0.814. The first kappa shape index (κ1) is 16.2. The van der Waals surface area contributed by atoms with Crippen molar-refractivity contribution in [1.82, 2.24) is 14.5 Å². The minimum absolute atomic E-state index is 0.0132. The first-order valence-electron chi connectivity index (χ1n) is 6.70. The average molecular weight is 322 g/mol. The summed E-state index contributed by atoms with van der Waals surface area (Å²) in [5.74, 6) is -0.654. The molecule has 1 heterocycles. The third-order valence-corrected chi connectivity index (χ3v) is 4.75. The second-order valence-corrected chi connectivity index (χ2v) is 6.81. The summed E-state index contributed by atoms with van der Waals surface area (Å²) in [5.41, 5.74) is 6.08. The molecule has 1 aromatic carbocycles. The van der Waals surface area contributed by atoms with Gasteiger partial charge in [0.2, 0.25) is 15.9 Å². The Morgan fingerprint density at radius 2 is 2.18 bits per heavy atom. The Hall–Kier alpha value is -2.19. The fraction of sp³-hybridized carbons (Fsp3) is 0.286. The second-order valence-electron chi connectivity index (χ2n) is 5.09. The number of aryl methyl sites for hydroxylation is 1. The van der Waals surface area contributed by atoms with E-state index in [1.54, 1.807) is 43.1 Å². The third kappa shape index (κ3) is 3.71. The zero-order valence-electron chi connectivity index (χ0n) is 12.4. The van der Waals surface area contributed by atoms with Gasteiger partial charge in [0.1, 0.15) is 0 Å². The molecule has 0 aliphatic rings. The number of amides is 1. The van der Waals surface area contributed by atoms with Crippen molar-refractivity contribution in [2.24, 2.45) is 5.73 Å². The molecule has 1 atom stereocenters. The molecule has 0 aliphatic carbocycles. The maximum atomic E-state index is 12.4. The van der Waals surface area contributed by atoms with Crippen molar-refractivity contribution in [3.8, 4) is 0 Å². The lowest BCUT2D eigenvalue weighted by molar-refractivity contribution is 0.0999. The van der Waals surface area contributed by atoms with Gasteiger partial charge in [-0.3, -0.25) is 9.48 Å². The number of nitrogens with zero attached hydrogens (tertiary/aromatic N) is 2. The number of nitrogens with one attached hydrogen (secondary N) is 1. The number of hydrogen-bond acceptors (Lipinski definition) is 4. The molecule has 2 aromatic rings. The summed E-state index contributed by atoms with van der Waals surface area (Å²) in [6.45, 7) is 3.84. The molecule has 0 aliphatic heterocycles. The van der Waals surface area contributed by atoms with Gasteiger partial charge in [-0.05, 0) is 37.6 Å². The Morgan fingerprint density at radius 3 is 2.77 bits per heavy atom. The molecule has 3 N–H and O–H groups in total. The number of sulfonamides is 1. The van der Waals surface area contributed by atoms with Crippen LogP contribution in [-0.2, 0) is 16.6 Å². The van der Waals surface area contributed by atoms with Gasteiger partial charge in [-0.2, -0.15) is 5.10 Å². The van der Waals surface area contributed by atoms with Gasteiger partial charge in [-0.1, -0.05) is 6.07 Å². The molecule has 0 saturated heterocycles. The number of hydrogen-bond donors (Lipinski definition) is 2. The monoisotopic (exact) mass is 322 g/mol. The normalized spacial score (nSPS) is 13.0. The van der Waals surface area contributed by atoms with Gasteiger partial charge in [-0.25, -0.2) is 13.1 Å². The van der Waals surface area contributed by atoms with Crippen LogP contribution in [0.5, 0.6) is 0 Å². The van der Waals surface area contributed by atoms with Gasteiger partial charge in [0.15, 0.2) is 0 Å². The Kier molecular flexibility index (Phi) is 4.62. The van der Waals surface area contributed by atoms with E-state index in [9.17, 15) is 13.2 Å². The third-order valence-electron chi connectivity index (χ3n) is 3.16. The van der Waals surface area contributed by atoms with E-state index in [1.165, 1.54) is 12.1 Å². The number of benzene rings is 1. The summed E-state index contributed by atoms with van der Waals surface area (Å²) >= 11 is 0. The first-order chi connectivity index (χ1) is 10.3. The molecule has 0 spiro atoms. The zero-order valence-corrected chi connectivity index (χ0v) is 13.2. The number of carbonyl (C=O) groups is 1. The van der Waals surface area contributed by atoms with Gasteiger partial charge in [0.25, 0.3) is 0 Å². The van der Waals surface area contributed by atoms with Crippen LogP contribution in [-0.4, -0.2) is 30.1 Å². The lowest BCUT2D eigenvalue weighted by Crippen LogP contribution is -2.36. The number of primary amides is 1. The van der Waals surface area contributed by atoms with Crippen LogP contribution in [0.2, 0.25) is 0 Å². The molecule has 0 bridgehead atoms. The van der Waals surface area contributed by atoms with Crippen LogP contribution in [0, 0.1) is 6.92 Å². The number of carbonyl (C=O) groups excluding carboxylic acids is 1. The van der Waals surface area contributed by atoms with Gasteiger partial charge < -0.3 is 5.73 Å². The SMILES string of the molecule is Cc1ccc(S(=O)(=O)NC(C)Cn2cccn2)cc1C(N)=O. The van der Waals surface area contributed by atoms with Crippen molar-refractivity contribution in [3.63, 3.8) is 0 Å². The summed E-state index contributed by atoms with van der Waals surface area (Å²) in [6.07, 6.45) is 3.38. The van der Waals surface area contributed by atoms with Crippen LogP contribution in [0.25, 0.3) is 0 Å². The lowest BCUT2D eigenvalue weighted by Gasteiger charge is -2.15. The van der Waals surface area contributed by atoms with Gasteiger partial charge in [0, 0.05) is 24.0 Å². The van der Waals surface area contributed by atoms with E-state index in [0.717, 1.165) is 0 Å². The largest absolute Gasteiger partial charge is 0.366 e. The van der Waals surface area contributed by atoms with Crippen molar-refractivity contribution in [1.29, 1.82) is 0 Å². The number of nitrogens with two attached hydrogens (primary N) is 1. The maximum Gasteiger partial charge on any atom is 0.249 e. The summed E-state index contributed by atoms with van der Waals surface area (Å²) < 4.78 is 28.9. The smallest absolute Gasteiger partial charge is 0.249 e. The molecular weight excluding hydrogens is 304 g/mol. The molecule has 1 aromatic heterocycles. The first-order valence-corrected chi connectivity index (χ1v) is 8.18. The molecule has 0 saturated carbocycles. The van der Waals surface area contributed by atoms with Crippen molar-refractivity contribution in [2.45, 2.75) is 31.3 Å². The molecule has 22 heavy (non-hydrogen) atoms. The molecule has 2 rings (SSSR count). The maximum absolute atomic E-state index is 12.4. The highest BCUT2D eigenvalue weighted by Gasteiger charge is 2.19. The highest BCUT2D eigenvalue weighted by molar-refractivity contribution is 7.89. The molecule has 118 valence electrons. The summed E-state index contributed by atoms with van der Waals surface area (Å²) in [6, 6.07) is 5.71. The van der Waals surface area contributed by atoms with E-state index in [0.29, 0.717) is 12.1 Å². The molecule has 0 radical (unpaired) electrons. The van der Waals surface area contributed by atoms with Crippen LogP contribution in [0.4, 0.5) is 0 Å². The topological polar surface area (TPSA) is 107 Å². The van der Waals surface area contributed by atoms with E-state index in [4.69, 9.17) is 5.73 Å². The van der Waals surface area contributed by atoms with Crippen LogP contribution in [0.15, 0.2) is 41.6 Å². The van der Waals surface area contributed by atoms with Gasteiger partial charge in [0.05, 0.1) is 11.4 Å². The summed E-state index contributed by atoms with van der Waals surface area (Å²) in [5, 5.41) is 4.03. The molecule has 1 unspecified atom stereocenters. The molecular formula is C14H18N4O3S. The van der Waals surface area contributed by atoms with Gasteiger partial charge >= 0.3 is 0 Å². The van der Waals surface area contributed by atoms with Gasteiger partial charge in [-0.15, -0.1) is 0 Å². The van der Waals surface area contributed by atoms with E-state index >= 15 is 0 Å². The van der Waals surface area contributed by atoms with Crippen molar-refractivity contribution >= 4 is 15.9 Å². The van der Waals surface area contributed by atoms with Crippen LogP contribution in [0.3, 0.4) is 0 Å². The second kappa shape index (κ2) is 6.29. The van der Waals surface area contributed by atoms with E-state index < -0.39 is 15.9 Å². The Labute approximate surface area is 129 Å². The van der Waals surface area contributed by atoms with E-state index in [2.05, 4.69) is 9.82 Å². The fourth-order valence-corrected chi connectivity index (χ4v) is 3.35. The van der Waals surface area contributed by atoms with E-state index in [-0.39, 0.29) is 16.5 Å². The predicted octanol–water partition coefficient (Wildman–Crippen LogP) is 0.657. The molecule has 1 amide bonds. The summed E-state index contributed by atoms with van der Waals surface area (Å²) in [4.78, 5) is 11.3. The summed E-state index contributed by atoms with van der Waals surface area (Å²) in [7, 11) is -3.73.